The fourth-order valence-electron chi connectivity index (χ4n) is 1.90. The van der Waals surface area contributed by atoms with Crippen LogP contribution in [0.4, 0.5) is 13.2 Å². The van der Waals surface area contributed by atoms with E-state index in [1.807, 2.05) is 6.92 Å². The van der Waals surface area contributed by atoms with Crippen LogP contribution < -0.4 is 5.32 Å². The number of nitrogens with one attached hydrogen (secondary N) is 1. The van der Waals surface area contributed by atoms with Crippen molar-refractivity contribution in [1.82, 2.24) is 5.32 Å². The minimum Gasteiger partial charge on any atom is -0.306 e. The summed E-state index contributed by atoms with van der Waals surface area (Å²) in [5.41, 5.74) is 0.855. The van der Waals surface area contributed by atoms with Crippen molar-refractivity contribution in [1.29, 1.82) is 0 Å². The molecule has 0 fully saturated rings. The highest BCUT2D eigenvalue weighted by Crippen LogP contribution is 2.37. The zero-order valence-electron chi connectivity index (χ0n) is 10.3. The van der Waals surface area contributed by atoms with Crippen LogP contribution in [0, 0.1) is 17.5 Å². The average molecular weight is 340 g/mol. The maximum Gasteiger partial charge on any atom is 0.194 e. The van der Waals surface area contributed by atoms with Crippen LogP contribution in [0.5, 0.6) is 0 Å². The van der Waals surface area contributed by atoms with Gasteiger partial charge >= 0.3 is 0 Å². The molecule has 1 nitrogen and oxygen atoms in total. The average Bonchev–Trinajstić information content (AvgIpc) is 2.71. The molecule has 0 amide bonds. The fraction of sp³-hybridized carbons (Fsp3) is 0.231. The lowest BCUT2D eigenvalue weighted by atomic mass is 10.0. The van der Waals surface area contributed by atoms with Gasteiger partial charge in [-0.25, -0.2) is 13.2 Å². The maximum absolute atomic E-state index is 13.4. The summed E-state index contributed by atoms with van der Waals surface area (Å²) in [6.07, 6.45) is 0. The third-order valence-corrected chi connectivity index (χ3v) is 4.26. The molecule has 1 N–H and O–H groups in total. The van der Waals surface area contributed by atoms with Crippen molar-refractivity contribution in [2.45, 2.75) is 13.0 Å². The van der Waals surface area contributed by atoms with Crippen molar-refractivity contribution in [3.8, 4) is 0 Å². The smallest absolute Gasteiger partial charge is 0.194 e. The topological polar surface area (TPSA) is 12.0 Å². The van der Waals surface area contributed by atoms with Gasteiger partial charge in [0.25, 0.3) is 0 Å². The van der Waals surface area contributed by atoms with Crippen LogP contribution in [0.3, 0.4) is 0 Å². The summed E-state index contributed by atoms with van der Waals surface area (Å²) in [7, 11) is 0. The molecular formula is C13H10Cl2F3NS. The van der Waals surface area contributed by atoms with Crippen molar-refractivity contribution in [2.24, 2.45) is 0 Å². The third kappa shape index (κ3) is 3.11. The predicted molar refractivity (Wildman–Crippen MR) is 76.2 cm³/mol. The number of hydrogen-bond donors (Lipinski definition) is 1. The summed E-state index contributed by atoms with van der Waals surface area (Å²) in [4.78, 5) is 0. The van der Waals surface area contributed by atoms with Crippen molar-refractivity contribution < 1.29 is 13.2 Å². The van der Waals surface area contributed by atoms with Crippen LogP contribution in [-0.2, 0) is 0 Å². The number of benzene rings is 1. The van der Waals surface area contributed by atoms with Crippen molar-refractivity contribution >= 4 is 34.5 Å². The second-order valence-electron chi connectivity index (χ2n) is 4.07. The molecule has 1 aromatic carbocycles. The molecule has 2 rings (SSSR count). The first-order valence-electron chi connectivity index (χ1n) is 5.76. The predicted octanol–water partition coefficient (Wildman–Crippen LogP) is 5.17. The van der Waals surface area contributed by atoms with E-state index < -0.39 is 23.5 Å². The van der Waals surface area contributed by atoms with E-state index in [4.69, 9.17) is 23.2 Å². The van der Waals surface area contributed by atoms with E-state index in [0.29, 0.717) is 20.8 Å². The Hall–Kier alpha value is -0.750. The molecule has 20 heavy (non-hydrogen) atoms. The maximum atomic E-state index is 13.4. The summed E-state index contributed by atoms with van der Waals surface area (Å²) >= 11 is 13.1. The summed E-state index contributed by atoms with van der Waals surface area (Å²) in [5.74, 6) is -3.96. The van der Waals surface area contributed by atoms with E-state index in [-0.39, 0.29) is 5.56 Å². The lowest BCUT2D eigenvalue weighted by Gasteiger charge is -2.18. The lowest BCUT2D eigenvalue weighted by molar-refractivity contribution is 0.442. The molecule has 0 saturated carbocycles. The Morgan fingerprint density at radius 1 is 1.15 bits per heavy atom. The van der Waals surface area contributed by atoms with Crippen LogP contribution in [0.25, 0.3) is 0 Å². The van der Waals surface area contributed by atoms with E-state index >= 15 is 0 Å². The van der Waals surface area contributed by atoms with Crippen molar-refractivity contribution in [2.75, 3.05) is 6.54 Å². The molecule has 7 heteroatoms. The zero-order valence-corrected chi connectivity index (χ0v) is 12.6. The monoisotopic (exact) mass is 339 g/mol. The summed E-state index contributed by atoms with van der Waals surface area (Å²) in [5, 5.41) is 3.05. The van der Waals surface area contributed by atoms with E-state index in [1.54, 1.807) is 6.07 Å². The van der Waals surface area contributed by atoms with Gasteiger partial charge in [-0.15, -0.1) is 11.3 Å². The van der Waals surface area contributed by atoms with Gasteiger partial charge in [0, 0.05) is 5.56 Å². The first-order chi connectivity index (χ1) is 9.43. The molecule has 2 aromatic rings. The number of halogens is 5. The van der Waals surface area contributed by atoms with Crippen LogP contribution >= 0.6 is 34.5 Å². The Balaban J connectivity index is 2.51. The third-order valence-electron chi connectivity index (χ3n) is 2.74. The Kier molecular flexibility index (Phi) is 4.96. The van der Waals surface area contributed by atoms with E-state index in [2.05, 4.69) is 5.32 Å². The molecule has 0 aliphatic carbocycles. The largest absolute Gasteiger partial charge is 0.306 e. The molecule has 1 unspecified atom stereocenters. The molecule has 1 aromatic heterocycles. The van der Waals surface area contributed by atoms with E-state index in [1.165, 1.54) is 0 Å². The first kappa shape index (κ1) is 15.6. The Labute approximate surface area is 128 Å². The second-order valence-corrected chi connectivity index (χ2v) is 6.35. The highest BCUT2D eigenvalue weighted by Gasteiger charge is 2.22. The van der Waals surface area contributed by atoms with E-state index in [9.17, 15) is 13.2 Å². The van der Waals surface area contributed by atoms with Gasteiger partial charge in [-0.1, -0.05) is 30.1 Å². The number of rotatable bonds is 4. The first-order valence-corrected chi connectivity index (χ1v) is 7.33. The summed E-state index contributed by atoms with van der Waals surface area (Å²) in [6.45, 7) is 2.38. The SMILES string of the molecule is CCNC(c1cc(F)c(F)c(F)c1)c1cc(Cl)sc1Cl. The molecule has 1 heterocycles. The van der Waals surface area contributed by atoms with Gasteiger partial charge in [-0.2, -0.15) is 0 Å². The molecule has 108 valence electrons. The van der Waals surface area contributed by atoms with Gasteiger partial charge in [0.1, 0.15) is 0 Å². The minimum absolute atomic E-state index is 0.250. The standard InChI is InChI=1S/C13H10Cl2F3NS/c1-2-19-12(7-5-10(14)20-13(7)15)6-3-8(16)11(18)9(17)4-6/h3-5,12,19H,2H2,1H3. The van der Waals surface area contributed by atoms with E-state index in [0.717, 1.165) is 23.5 Å². The van der Waals surface area contributed by atoms with Crippen molar-refractivity contribution in [3.63, 3.8) is 0 Å². The van der Waals surface area contributed by atoms with Gasteiger partial charge in [-0.05, 0) is 30.3 Å². The van der Waals surface area contributed by atoms with Gasteiger partial charge in [0.2, 0.25) is 0 Å². The van der Waals surface area contributed by atoms with Gasteiger partial charge in [-0.3, -0.25) is 0 Å². The Bertz CT molecular complexity index is 607. The lowest BCUT2D eigenvalue weighted by Crippen LogP contribution is -2.22. The van der Waals surface area contributed by atoms with Crippen molar-refractivity contribution in [3.05, 3.63) is 55.5 Å². The number of hydrogen-bond acceptors (Lipinski definition) is 2. The second kappa shape index (κ2) is 6.35. The Morgan fingerprint density at radius 3 is 2.20 bits per heavy atom. The summed E-state index contributed by atoms with van der Waals surface area (Å²) in [6, 6.07) is 2.98. The fourth-order valence-corrected chi connectivity index (χ4v) is 3.44. The van der Waals surface area contributed by atoms with Gasteiger partial charge in [0.05, 0.1) is 14.7 Å². The molecule has 0 radical (unpaired) electrons. The molecule has 1 atom stereocenters. The molecule has 0 spiro atoms. The Morgan fingerprint density at radius 2 is 1.75 bits per heavy atom. The molecule has 0 aliphatic heterocycles. The zero-order chi connectivity index (χ0) is 14.9. The quantitative estimate of drug-likeness (QED) is 0.757. The highest BCUT2D eigenvalue weighted by molar-refractivity contribution is 7.20. The molecule has 0 saturated heterocycles. The molecule has 0 aliphatic rings. The minimum atomic E-state index is -1.49. The van der Waals surface area contributed by atoms with Crippen LogP contribution in [0.2, 0.25) is 8.67 Å². The van der Waals surface area contributed by atoms with Gasteiger partial charge < -0.3 is 5.32 Å². The van der Waals surface area contributed by atoms with Crippen LogP contribution in [0.1, 0.15) is 24.1 Å². The normalized spacial score (nSPS) is 12.7. The highest BCUT2D eigenvalue weighted by atomic mass is 35.5. The number of thiophene rings is 1. The molecule has 0 bridgehead atoms. The van der Waals surface area contributed by atoms with Gasteiger partial charge in [0.15, 0.2) is 17.5 Å². The van der Waals surface area contributed by atoms with Crippen LogP contribution in [0.15, 0.2) is 18.2 Å². The molecular weight excluding hydrogens is 330 g/mol. The summed E-state index contributed by atoms with van der Waals surface area (Å²) < 4.78 is 40.6. The van der Waals surface area contributed by atoms with Crippen LogP contribution in [-0.4, -0.2) is 6.54 Å².